The fourth-order valence-electron chi connectivity index (χ4n) is 0. The molecule has 0 atom stereocenters. The molecule has 0 aliphatic rings. The SMILES string of the molecule is C.C.CN(C)C.C[N+](C)(C)C.C[NH+](C)C. The summed E-state index contributed by atoms with van der Waals surface area (Å²) < 4.78 is 1.00. The second-order valence-electron chi connectivity index (χ2n) is 5.52. The molecular formula is C12H39N3+2. The largest absolute Gasteiger partial charge is 0.342 e. The average molecular weight is 225 g/mol. The van der Waals surface area contributed by atoms with Crippen molar-refractivity contribution in [1.82, 2.24) is 4.90 Å². The summed E-state index contributed by atoms with van der Waals surface area (Å²) >= 11 is 0. The maximum absolute atomic E-state index is 2.12. The lowest BCUT2D eigenvalue weighted by Crippen LogP contribution is -3.02. The predicted molar refractivity (Wildman–Crippen MR) is 75.8 cm³/mol. The van der Waals surface area contributed by atoms with Crippen molar-refractivity contribution in [3.8, 4) is 0 Å². The van der Waals surface area contributed by atoms with Gasteiger partial charge >= 0.3 is 0 Å². The Morgan fingerprint density at radius 1 is 0.733 bits per heavy atom. The maximum Gasteiger partial charge on any atom is 0.0675 e. The Balaban J connectivity index is -0.0000000315. The van der Waals surface area contributed by atoms with Crippen molar-refractivity contribution in [2.24, 2.45) is 0 Å². The van der Waals surface area contributed by atoms with Crippen LogP contribution in [0.2, 0.25) is 0 Å². The highest BCUT2D eigenvalue weighted by atomic mass is 15.2. The van der Waals surface area contributed by atoms with Gasteiger partial charge < -0.3 is 14.3 Å². The Hall–Kier alpha value is -0.120. The smallest absolute Gasteiger partial charge is 0.0675 e. The molecule has 0 aromatic rings. The minimum absolute atomic E-state index is 0. The molecule has 3 nitrogen and oxygen atoms in total. The number of hydrogen-bond donors (Lipinski definition) is 1. The first-order valence-electron chi connectivity index (χ1n) is 4.63. The lowest BCUT2D eigenvalue weighted by molar-refractivity contribution is -0.849. The third-order valence-corrected chi connectivity index (χ3v) is 0. The Labute approximate surface area is 100 Å². The van der Waals surface area contributed by atoms with E-state index in [0.717, 1.165) is 4.48 Å². The van der Waals surface area contributed by atoms with Gasteiger partial charge in [-0.2, -0.15) is 0 Å². The summed E-state index contributed by atoms with van der Waals surface area (Å²) in [6, 6.07) is 0. The molecule has 100 valence electrons. The van der Waals surface area contributed by atoms with Crippen LogP contribution in [0.3, 0.4) is 0 Å². The van der Waals surface area contributed by atoms with Crippen molar-refractivity contribution in [1.29, 1.82) is 0 Å². The van der Waals surface area contributed by atoms with Gasteiger partial charge in [0, 0.05) is 0 Å². The standard InChI is InChI=1S/C4H12N.2C3H9N.2CH4/c1-5(2,3)4;2*1-4(2)3;;/h1-4H3;2*1-3H3;2*1H4/q+1;;;;/p+1. The van der Waals surface area contributed by atoms with E-state index in [2.05, 4.69) is 49.3 Å². The highest BCUT2D eigenvalue weighted by Crippen LogP contribution is 1.73. The number of quaternary nitrogens is 2. The highest BCUT2D eigenvalue weighted by molar-refractivity contribution is 4.09. The molecule has 0 spiro atoms. The molecule has 0 saturated heterocycles. The quantitative estimate of drug-likeness (QED) is 0.591. The fourth-order valence-corrected chi connectivity index (χ4v) is 0. The average Bonchev–Trinajstić information content (AvgIpc) is 1.50. The molecule has 0 aromatic heterocycles. The van der Waals surface area contributed by atoms with Gasteiger partial charge in [-0.3, -0.25) is 0 Å². The van der Waals surface area contributed by atoms with Crippen LogP contribution in [-0.2, 0) is 0 Å². The van der Waals surface area contributed by atoms with Crippen LogP contribution in [0.4, 0.5) is 0 Å². The molecule has 0 aliphatic heterocycles. The summed E-state index contributed by atoms with van der Waals surface area (Å²) in [5.74, 6) is 0. The first-order chi connectivity index (χ1) is 5.46. The Morgan fingerprint density at radius 3 is 0.733 bits per heavy atom. The normalized spacial score (nSPS) is 8.80. The Kier molecular flexibility index (Phi) is 31.9. The third kappa shape index (κ3) is 136000. The molecule has 0 heterocycles. The van der Waals surface area contributed by atoms with Crippen LogP contribution in [0.1, 0.15) is 14.9 Å². The molecule has 0 saturated carbocycles. The summed E-state index contributed by atoms with van der Waals surface area (Å²) in [5, 5.41) is 0. The van der Waals surface area contributed by atoms with Crippen LogP contribution in [0.25, 0.3) is 0 Å². The molecule has 3 heteroatoms. The highest BCUT2D eigenvalue weighted by Gasteiger charge is 1.88. The number of nitrogens with one attached hydrogen (secondary N) is 1. The van der Waals surface area contributed by atoms with Crippen molar-refractivity contribution in [3.63, 3.8) is 0 Å². The zero-order chi connectivity index (χ0) is 11.7. The van der Waals surface area contributed by atoms with Gasteiger partial charge in [0.25, 0.3) is 0 Å². The van der Waals surface area contributed by atoms with Gasteiger partial charge in [-0.15, -0.1) is 0 Å². The molecule has 0 rings (SSSR count). The van der Waals surface area contributed by atoms with E-state index in [1.54, 1.807) is 0 Å². The number of nitrogens with zero attached hydrogens (tertiary/aromatic N) is 2. The number of rotatable bonds is 0. The van der Waals surface area contributed by atoms with E-state index in [0.29, 0.717) is 0 Å². The summed E-state index contributed by atoms with van der Waals surface area (Å²) in [5.41, 5.74) is 0. The molecule has 0 aliphatic carbocycles. The molecule has 0 aromatic carbocycles. The molecule has 1 N–H and O–H groups in total. The van der Waals surface area contributed by atoms with E-state index in [1.807, 2.05) is 26.0 Å². The van der Waals surface area contributed by atoms with Gasteiger partial charge in [0.15, 0.2) is 0 Å². The van der Waals surface area contributed by atoms with Gasteiger partial charge in [0.2, 0.25) is 0 Å². The van der Waals surface area contributed by atoms with Crippen molar-refractivity contribution in [3.05, 3.63) is 0 Å². The van der Waals surface area contributed by atoms with Crippen LogP contribution in [0.15, 0.2) is 0 Å². The van der Waals surface area contributed by atoms with E-state index >= 15 is 0 Å². The lowest BCUT2D eigenvalue weighted by atomic mass is 10.8. The van der Waals surface area contributed by atoms with Crippen molar-refractivity contribution in [2.75, 3.05) is 70.5 Å². The maximum atomic E-state index is 2.12. The summed E-state index contributed by atoms with van der Waals surface area (Å²) in [4.78, 5) is 3.42. The van der Waals surface area contributed by atoms with E-state index in [1.165, 1.54) is 4.90 Å². The van der Waals surface area contributed by atoms with E-state index in [9.17, 15) is 0 Å². The van der Waals surface area contributed by atoms with Gasteiger partial charge in [-0.1, -0.05) is 14.9 Å². The second kappa shape index (κ2) is 16.3. The zero-order valence-electron chi connectivity index (χ0n) is 11.4. The van der Waals surface area contributed by atoms with E-state index in [-0.39, 0.29) is 14.9 Å². The Bertz CT molecular complexity index is 65.8. The minimum atomic E-state index is 0. The second-order valence-corrected chi connectivity index (χ2v) is 5.52. The third-order valence-electron chi connectivity index (χ3n) is 0. The molecule has 0 amide bonds. The van der Waals surface area contributed by atoms with Gasteiger partial charge in [-0.25, -0.2) is 0 Å². The minimum Gasteiger partial charge on any atom is -0.342 e. The van der Waals surface area contributed by atoms with Gasteiger partial charge in [0.1, 0.15) is 0 Å². The predicted octanol–water partition coefficient (Wildman–Crippen LogP) is 0.533. The molecule has 15 heavy (non-hydrogen) atoms. The monoisotopic (exact) mass is 225 g/mol. The van der Waals surface area contributed by atoms with Gasteiger partial charge in [-0.05, 0) is 21.1 Å². The van der Waals surface area contributed by atoms with Crippen molar-refractivity contribution in [2.45, 2.75) is 14.9 Å². The van der Waals surface area contributed by atoms with Crippen molar-refractivity contribution >= 4 is 0 Å². The number of hydrogen-bond acceptors (Lipinski definition) is 1. The lowest BCUT2D eigenvalue weighted by Gasteiger charge is -2.14. The molecular weight excluding hydrogens is 186 g/mol. The van der Waals surface area contributed by atoms with Crippen LogP contribution in [-0.4, -0.2) is 79.9 Å². The first-order valence-corrected chi connectivity index (χ1v) is 4.63. The molecule has 0 unspecified atom stereocenters. The van der Waals surface area contributed by atoms with E-state index in [4.69, 9.17) is 0 Å². The summed E-state index contributed by atoms with van der Waals surface area (Å²) in [6.45, 7) is 0. The van der Waals surface area contributed by atoms with E-state index < -0.39 is 0 Å². The van der Waals surface area contributed by atoms with Crippen molar-refractivity contribution < 1.29 is 9.38 Å². The zero-order valence-corrected chi connectivity index (χ0v) is 11.4. The Morgan fingerprint density at radius 2 is 0.733 bits per heavy atom. The molecule has 0 bridgehead atoms. The van der Waals surface area contributed by atoms with Crippen LogP contribution in [0, 0.1) is 0 Å². The summed E-state index contributed by atoms with van der Waals surface area (Å²) in [6.07, 6.45) is 0. The molecule has 0 radical (unpaired) electrons. The molecule has 0 fully saturated rings. The van der Waals surface area contributed by atoms with Crippen LogP contribution >= 0.6 is 0 Å². The van der Waals surface area contributed by atoms with Crippen LogP contribution < -0.4 is 4.90 Å². The first kappa shape index (κ1) is 29.4. The van der Waals surface area contributed by atoms with Crippen LogP contribution in [0.5, 0.6) is 0 Å². The fraction of sp³-hybridized carbons (Fsp3) is 1.00. The van der Waals surface area contributed by atoms with Gasteiger partial charge in [0.05, 0.1) is 49.3 Å². The summed E-state index contributed by atoms with van der Waals surface area (Å²) in [7, 11) is 20.7. The topological polar surface area (TPSA) is 7.68 Å².